The third kappa shape index (κ3) is 4.00. The standard InChI is InChI=1S/C6H5F3N2O2/c1-3(12)4(2-10)5(13)11-6(7,8)9/h12H,1H3,(H,11,13). The minimum atomic E-state index is -4.91. The summed E-state index contributed by atoms with van der Waals surface area (Å²) in [6.45, 7) is 0.939. The molecule has 13 heavy (non-hydrogen) atoms. The second-order valence-electron chi connectivity index (χ2n) is 2.02. The molecule has 72 valence electrons. The number of carbonyl (C=O) groups is 1. The molecular weight excluding hydrogens is 189 g/mol. The van der Waals surface area contributed by atoms with E-state index in [0.29, 0.717) is 5.32 Å². The first-order valence-corrected chi connectivity index (χ1v) is 2.97. The maximum atomic E-state index is 11.5. The van der Waals surface area contributed by atoms with E-state index >= 15 is 0 Å². The Kier molecular flexibility index (Phi) is 3.30. The van der Waals surface area contributed by atoms with Crippen LogP contribution in [0.3, 0.4) is 0 Å². The van der Waals surface area contributed by atoms with Crippen molar-refractivity contribution in [2.45, 2.75) is 13.2 Å². The van der Waals surface area contributed by atoms with E-state index in [-0.39, 0.29) is 0 Å². The Balaban J connectivity index is 4.65. The Morgan fingerprint density at radius 2 is 2.00 bits per heavy atom. The van der Waals surface area contributed by atoms with Gasteiger partial charge in [-0.1, -0.05) is 0 Å². The van der Waals surface area contributed by atoms with E-state index in [0.717, 1.165) is 13.0 Å². The lowest BCUT2D eigenvalue weighted by molar-refractivity contribution is -0.167. The predicted molar refractivity (Wildman–Crippen MR) is 35.1 cm³/mol. The SMILES string of the molecule is CC(O)=C(C#N)C(=O)NC(F)(F)F. The molecule has 0 aromatic carbocycles. The molecule has 0 aromatic rings. The number of rotatable bonds is 1. The Morgan fingerprint density at radius 1 is 1.54 bits per heavy atom. The van der Waals surface area contributed by atoms with Gasteiger partial charge in [0.1, 0.15) is 11.8 Å². The number of hydrogen-bond acceptors (Lipinski definition) is 3. The normalized spacial score (nSPS) is 12.8. The molecule has 0 aliphatic carbocycles. The van der Waals surface area contributed by atoms with E-state index in [1.807, 2.05) is 0 Å². The van der Waals surface area contributed by atoms with Crippen molar-refractivity contribution in [1.29, 1.82) is 5.26 Å². The minimum Gasteiger partial charge on any atom is -0.511 e. The van der Waals surface area contributed by atoms with Crippen LogP contribution in [0.1, 0.15) is 6.92 Å². The average molecular weight is 194 g/mol. The van der Waals surface area contributed by atoms with Gasteiger partial charge in [-0.05, 0) is 6.92 Å². The van der Waals surface area contributed by atoms with E-state index in [4.69, 9.17) is 10.4 Å². The van der Waals surface area contributed by atoms with Gasteiger partial charge in [0.25, 0.3) is 5.91 Å². The van der Waals surface area contributed by atoms with Crippen LogP contribution in [0, 0.1) is 11.3 Å². The van der Waals surface area contributed by atoms with Crippen molar-refractivity contribution in [2.24, 2.45) is 0 Å². The number of nitrogens with zero attached hydrogens (tertiary/aromatic N) is 1. The molecule has 0 radical (unpaired) electrons. The largest absolute Gasteiger partial charge is 0.511 e. The smallest absolute Gasteiger partial charge is 0.484 e. The van der Waals surface area contributed by atoms with Gasteiger partial charge in [0, 0.05) is 0 Å². The predicted octanol–water partition coefficient (Wildman–Crippen LogP) is 0.978. The van der Waals surface area contributed by atoms with Crippen molar-refractivity contribution in [2.75, 3.05) is 0 Å². The lowest BCUT2D eigenvalue weighted by atomic mass is 10.2. The number of alkyl halides is 3. The van der Waals surface area contributed by atoms with Crippen LogP contribution in [-0.4, -0.2) is 17.3 Å². The monoisotopic (exact) mass is 194 g/mol. The molecule has 0 atom stereocenters. The number of carbonyl (C=O) groups excluding carboxylic acids is 1. The first-order valence-electron chi connectivity index (χ1n) is 2.97. The molecule has 0 unspecified atom stereocenters. The Hall–Kier alpha value is -1.71. The summed E-state index contributed by atoms with van der Waals surface area (Å²) in [7, 11) is 0. The van der Waals surface area contributed by atoms with E-state index in [1.165, 1.54) is 0 Å². The molecule has 0 fully saturated rings. The van der Waals surface area contributed by atoms with Crippen LogP contribution in [0.5, 0.6) is 0 Å². The van der Waals surface area contributed by atoms with E-state index in [1.54, 1.807) is 0 Å². The molecule has 7 heteroatoms. The van der Waals surface area contributed by atoms with Gasteiger partial charge in [-0.2, -0.15) is 18.4 Å². The van der Waals surface area contributed by atoms with Crippen LogP contribution >= 0.6 is 0 Å². The quantitative estimate of drug-likeness (QED) is 0.283. The number of allylic oxidation sites excluding steroid dienone is 1. The molecule has 1 amide bonds. The molecule has 0 aromatic heterocycles. The second kappa shape index (κ2) is 3.80. The number of aliphatic hydroxyl groups excluding tert-OH is 1. The molecule has 0 spiro atoms. The molecule has 0 bridgehead atoms. The second-order valence-corrected chi connectivity index (χ2v) is 2.02. The van der Waals surface area contributed by atoms with Crippen molar-refractivity contribution in [1.82, 2.24) is 5.32 Å². The summed E-state index contributed by atoms with van der Waals surface area (Å²) < 4.78 is 34.6. The van der Waals surface area contributed by atoms with Gasteiger partial charge in [-0.25, -0.2) is 0 Å². The minimum absolute atomic E-state index is 0.572. The third-order valence-electron chi connectivity index (χ3n) is 0.956. The topological polar surface area (TPSA) is 73.1 Å². The first-order chi connectivity index (χ1) is 5.78. The van der Waals surface area contributed by atoms with E-state index in [9.17, 15) is 18.0 Å². The van der Waals surface area contributed by atoms with Gasteiger partial charge >= 0.3 is 6.30 Å². The molecule has 0 saturated carbocycles. The van der Waals surface area contributed by atoms with Crippen molar-refractivity contribution < 1.29 is 23.1 Å². The fourth-order valence-electron chi connectivity index (χ4n) is 0.487. The summed E-state index contributed by atoms with van der Waals surface area (Å²) in [5.74, 6) is -2.43. The van der Waals surface area contributed by atoms with E-state index < -0.39 is 23.5 Å². The molecule has 0 saturated heterocycles. The van der Waals surface area contributed by atoms with Crippen molar-refractivity contribution in [3.05, 3.63) is 11.3 Å². The van der Waals surface area contributed by atoms with Crippen LogP contribution in [0.25, 0.3) is 0 Å². The highest BCUT2D eigenvalue weighted by Gasteiger charge is 2.32. The maximum Gasteiger partial charge on any atom is 0.484 e. The summed E-state index contributed by atoms with van der Waals surface area (Å²) in [6, 6.07) is 1.14. The molecule has 0 aliphatic rings. The molecule has 0 rings (SSSR count). The van der Waals surface area contributed by atoms with Crippen LogP contribution < -0.4 is 5.32 Å². The molecular formula is C6H5F3N2O2. The lowest BCUT2D eigenvalue weighted by Crippen LogP contribution is -2.38. The zero-order chi connectivity index (χ0) is 10.6. The van der Waals surface area contributed by atoms with E-state index in [2.05, 4.69) is 0 Å². The van der Waals surface area contributed by atoms with Crippen molar-refractivity contribution >= 4 is 5.91 Å². The Morgan fingerprint density at radius 3 is 2.23 bits per heavy atom. The Bertz CT molecular complexity index is 283. The highest BCUT2D eigenvalue weighted by Crippen LogP contribution is 2.11. The zero-order valence-electron chi connectivity index (χ0n) is 6.44. The third-order valence-corrected chi connectivity index (χ3v) is 0.956. The highest BCUT2D eigenvalue weighted by atomic mass is 19.4. The summed E-state index contributed by atoms with van der Waals surface area (Å²) in [5.41, 5.74) is -0.961. The maximum absolute atomic E-state index is 11.5. The Labute approximate surface area is 71.3 Å². The first kappa shape index (κ1) is 11.3. The van der Waals surface area contributed by atoms with Crippen molar-refractivity contribution in [3.8, 4) is 6.07 Å². The van der Waals surface area contributed by atoms with Crippen LogP contribution in [0.15, 0.2) is 11.3 Å². The van der Waals surface area contributed by atoms with Gasteiger partial charge in [-0.3, -0.25) is 10.1 Å². The number of amides is 1. The van der Waals surface area contributed by atoms with Crippen LogP contribution in [-0.2, 0) is 4.79 Å². The lowest BCUT2D eigenvalue weighted by Gasteiger charge is -2.07. The molecule has 4 nitrogen and oxygen atoms in total. The number of hydrogen-bond donors (Lipinski definition) is 2. The number of nitriles is 1. The summed E-state index contributed by atoms with van der Waals surface area (Å²) in [5, 5.41) is 17.3. The fraction of sp³-hybridized carbons (Fsp3) is 0.333. The zero-order valence-corrected chi connectivity index (χ0v) is 6.44. The average Bonchev–Trinajstić information content (AvgIpc) is 1.82. The summed E-state index contributed by atoms with van der Waals surface area (Å²) in [6.07, 6.45) is -4.91. The molecule has 2 N–H and O–H groups in total. The highest BCUT2D eigenvalue weighted by molar-refractivity contribution is 5.97. The van der Waals surface area contributed by atoms with Gasteiger partial charge in [-0.15, -0.1) is 0 Å². The number of aliphatic hydroxyl groups is 1. The molecule has 0 heterocycles. The summed E-state index contributed by atoms with van der Waals surface area (Å²) >= 11 is 0. The summed E-state index contributed by atoms with van der Waals surface area (Å²) in [4.78, 5) is 10.6. The van der Waals surface area contributed by atoms with Crippen LogP contribution in [0.2, 0.25) is 0 Å². The van der Waals surface area contributed by atoms with Crippen molar-refractivity contribution in [3.63, 3.8) is 0 Å². The van der Waals surface area contributed by atoms with Gasteiger partial charge in [0.05, 0.1) is 0 Å². The number of nitrogens with one attached hydrogen (secondary N) is 1. The molecule has 0 aliphatic heterocycles. The number of halogens is 3. The fourth-order valence-corrected chi connectivity index (χ4v) is 0.487. The van der Waals surface area contributed by atoms with Gasteiger partial charge in [0.2, 0.25) is 0 Å². The van der Waals surface area contributed by atoms with Gasteiger partial charge in [0.15, 0.2) is 5.57 Å². The van der Waals surface area contributed by atoms with Gasteiger partial charge < -0.3 is 5.11 Å². The van der Waals surface area contributed by atoms with Crippen LogP contribution in [0.4, 0.5) is 13.2 Å².